The Morgan fingerprint density at radius 2 is 2.00 bits per heavy atom. The van der Waals surface area contributed by atoms with Crippen LogP contribution in [0.2, 0.25) is 0 Å². The molecule has 1 fully saturated rings. The fourth-order valence-corrected chi connectivity index (χ4v) is 2.58. The molecule has 0 aliphatic carbocycles. The number of nitrogens with zero attached hydrogens (tertiary/aromatic N) is 1. The van der Waals surface area contributed by atoms with Crippen LogP contribution in [0.1, 0.15) is 19.8 Å². The van der Waals surface area contributed by atoms with Crippen LogP contribution in [0.4, 0.5) is 11.4 Å². The molecular formula is C12H17IN2. The molecule has 2 rings (SSSR count). The van der Waals surface area contributed by atoms with Crippen molar-refractivity contribution in [1.29, 1.82) is 0 Å². The van der Waals surface area contributed by atoms with Gasteiger partial charge >= 0.3 is 0 Å². The molecule has 15 heavy (non-hydrogen) atoms. The Morgan fingerprint density at radius 1 is 1.33 bits per heavy atom. The highest BCUT2D eigenvalue weighted by atomic mass is 127. The van der Waals surface area contributed by atoms with E-state index >= 15 is 0 Å². The van der Waals surface area contributed by atoms with Crippen LogP contribution in [0, 0.1) is 9.49 Å². The zero-order valence-electron chi connectivity index (χ0n) is 9.04. The fourth-order valence-electron chi connectivity index (χ4n) is 2.06. The lowest BCUT2D eigenvalue weighted by atomic mass is 9.98. The molecule has 0 aromatic heterocycles. The minimum Gasteiger partial charge on any atom is -0.397 e. The number of benzene rings is 1. The summed E-state index contributed by atoms with van der Waals surface area (Å²) in [7, 11) is 0. The van der Waals surface area contributed by atoms with Crippen LogP contribution in [-0.2, 0) is 0 Å². The van der Waals surface area contributed by atoms with E-state index in [2.05, 4.69) is 46.5 Å². The van der Waals surface area contributed by atoms with E-state index < -0.39 is 0 Å². The Labute approximate surface area is 105 Å². The number of halogens is 1. The molecule has 0 unspecified atom stereocenters. The van der Waals surface area contributed by atoms with Crippen LogP contribution < -0.4 is 10.6 Å². The van der Waals surface area contributed by atoms with Crippen LogP contribution in [-0.4, -0.2) is 13.1 Å². The van der Waals surface area contributed by atoms with Gasteiger partial charge < -0.3 is 10.6 Å². The number of piperidine rings is 1. The molecule has 0 atom stereocenters. The van der Waals surface area contributed by atoms with Gasteiger partial charge in [-0.2, -0.15) is 0 Å². The summed E-state index contributed by atoms with van der Waals surface area (Å²) in [6.45, 7) is 4.62. The maximum Gasteiger partial charge on any atom is 0.0600 e. The number of nitrogen functional groups attached to an aromatic ring is 1. The van der Waals surface area contributed by atoms with Crippen molar-refractivity contribution in [3.63, 3.8) is 0 Å². The zero-order valence-corrected chi connectivity index (χ0v) is 11.2. The Balaban J connectivity index is 2.15. The highest BCUT2D eigenvalue weighted by Gasteiger charge is 2.17. The predicted octanol–water partition coefficient (Wildman–Crippen LogP) is 3.11. The van der Waals surface area contributed by atoms with Crippen LogP contribution in [0.25, 0.3) is 0 Å². The van der Waals surface area contributed by atoms with E-state index in [9.17, 15) is 0 Å². The lowest BCUT2D eigenvalue weighted by molar-refractivity contribution is 0.438. The second-order valence-electron chi connectivity index (χ2n) is 4.37. The van der Waals surface area contributed by atoms with Crippen molar-refractivity contribution in [3.05, 3.63) is 21.8 Å². The SMILES string of the molecule is CC1CCN(c2ccc(I)cc2N)CC1. The molecule has 0 spiro atoms. The van der Waals surface area contributed by atoms with Crippen molar-refractivity contribution in [2.45, 2.75) is 19.8 Å². The van der Waals surface area contributed by atoms with Gasteiger partial charge in [-0.15, -0.1) is 0 Å². The molecule has 0 saturated carbocycles. The van der Waals surface area contributed by atoms with Crippen molar-refractivity contribution in [3.8, 4) is 0 Å². The largest absolute Gasteiger partial charge is 0.397 e. The highest BCUT2D eigenvalue weighted by Crippen LogP contribution is 2.28. The normalized spacial score (nSPS) is 18.1. The van der Waals surface area contributed by atoms with Crippen molar-refractivity contribution in [2.24, 2.45) is 5.92 Å². The third kappa shape index (κ3) is 2.56. The summed E-state index contributed by atoms with van der Waals surface area (Å²) < 4.78 is 1.21. The second kappa shape index (κ2) is 4.60. The van der Waals surface area contributed by atoms with Gasteiger partial charge in [0.1, 0.15) is 0 Å². The molecule has 1 saturated heterocycles. The lowest BCUT2D eigenvalue weighted by Crippen LogP contribution is -2.33. The number of anilines is 2. The quantitative estimate of drug-likeness (QED) is 0.637. The third-order valence-corrected chi connectivity index (χ3v) is 3.78. The summed E-state index contributed by atoms with van der Waals surface area (Å²) in [5, 5.41) is 0. The number of hydrogen-bond donors (Lipinski definition) is 1. The minimum atomic E-state index is 0.867. The first kappa shape index (κ1) is 11.0. The molecule has 0 bridgehead atoms. The molecular weight excluding hydrogens is 299 g/mol. The monoisotopic (exact) mass is 316 g/mol. The van der Waals surface area contributed by atoms with Crippen molar-refractivity contribution in [1.82, 2.24) is 0 Å². The zero-order chi connectivity index (χ0) is 10.8. The van der Waals surface area contributed by atoms with Crippen molar-refractivity contribution in [2.75, 3.05) is 23.7 Å². The lowest BCUT2D eigenvalue weighted by Gasteiger charge is -2.32. The molecule has 1 heterocycles. The van der Waals surface area contributed by atoms with Gasteiger partial charge in [-0.05, 0) is 59.5 Å². The smallest absolute Gasteiger partial charge is 0.0600 e. The first-order valence-corrected chi connectivity index (χ1v) is 6.54. The Kier molecular flexibility index (Phi) is 3.38. The first-order chi connectivity index (χ1) is 7.16. The molecule has 0 amide bonds. The van der Waals surface area contributed by atoms with E-state index in [1.165, 1.54) is 22.1 Å². The van der Waals surface area contributed by atoms with Crippen molar-refractivity contribution < 1.29 is 0 Å². The molecule has 1 aliphatic rings. The maximum atomic E-state index is 6.04. The molecule has 82 valence electrons. The number of hydrogen-bond acceptors (Lipinski definition) is 2. The number of nitrogens with two attached hydrogens (primary N) is 1. The minimum absolute atomic E-state index is 0.867. The summed E-state index contributed by atoms with van der Waals surface area (Å²) >= 11 is 2.30. The summed E-state index contributed by atoms with van der Waals surface area (Å²) in [5.41, 5.74) is 8.16. The van der Waals surface area contributed by atoms with Gasteiger partial charge in [0.05, 0.1) is 11.4 Å². The molecule has 2 nitrogen and oxygen atoms in total. The topological polar surface area (TPSA) is 29.3 Å². The van der Waals surface area contributed by atoms with E-state index in [4.69, 9.17) is 5.73 Å². The van der Waals surface area contributed by atoms with Crippen LogP contribution in [0.3, 0.4) is 0 Å². The molecule has 0 radical (unpaired) electrons. The van der Waals surface area contributed by atoms with Gasteiger partial charge in [0.2, 0.25) is 0 Å². The third-order valence-electron chi connectivity index (χ3n) is 3.11. The standard InChI is InChI=1S/C12H17IN2/c1-9-4-6-15(7-5-9)12-3-2-10(13)8-11(12)14/h2-3,8-9H,4-7,14H2,1H3. The second-order valence-corrected chi connectivity index (χ2v) is 5.62. The van der Waals surface area contributed by atoms with E-state index in [1.807, 2.05) is 6.07 Å². The van der Waals surface area contributed by atoms with Gasteiger partial charge in [0, 0.05) is 16.7 Å². The molecule has 2 N–H and O–H groups in total. The summed E-state index contributed by atoms with van der Waals surface area (Å²) in [6, 6.07) is 6.32. The van der Waals surface area contributed by atoms with Crippen LogP contribution in [0.5, 0.6) is 0 Å². The fraction of sp³-hybridized carbons (Fsp3) is 0.500. The maximum absolute atomic E-state index is 6.04. The molecule has 1 aromatic carbocycles. The van der Waals surface area contributed by atoms with Crippen LogP contribution in [0.15, 0.2) is 18.2 Å². The molecule has 1 aliphatic heterocycles. The van der Waals surface area contributed by atoms with E-state index in [-0.39, 0.29) is 0 Å². The summed E-state index contributed by atoms with van der Waals surface area (Å²) in [4.78, 5) is 2.41. The first-order valence-electron chi connectivity index (χ1n) is 5.47. The molecule has 1 aromatic rings. The van der Waals surface area contributed by atoms with E-state index in [1.54, 1.807) is 0 Å². The van der Waals surface area contributed by atoms with E-state index in [0.717, 1.165) is 24.7 Å². The Hall–Kier alpha value is -0.450. The van der Waals surface area contributed by atoms with Gasteiger partial charge in [0.15, 0.2) is 0 Å². The van der Waals surface area contributed by atoms with Gasteiger partial charge in [-0.1, -0.05) is 6.92 Å². The van der Waals surface area contributed by atoms with E-state index in [0.29, 0.717) is 0 Å². The predicted molar refractivity (Wildman–Crippen MR) is 74.2 cm³/mol. The molecule has 3 heteroatoms. The van der Waals surface area contributed by atoms with Gasteiger partial charge in [-0.3, -0.25) is 0 Å². The summed E-state index contributed by atoms with van der Waals surface area (Å²) in [5.74, 6) is 0.867. The van der Waals surface area contributed by atoms with Crippen molar-refractivity contribution >= 4 is 34.0 Å². The Morgan fingerprint density at radius 3 is 2.60 bits per heavy atom. The average Bonchev–Trinajstić information content (AvgIpc) is 2.20. The summed E-state index contributed by atoms with van der Waals surface area (Å²) in [6.07, 6.45) is 2.57. The van der Waals surface area contributed by atoms with Crippen LogP contribution >= 0.6 is 22.6 Å². The Bertz CT molecular complexity index is 343. The van der Waals surface area contributed by atoms with Gasteiger partial charge in [0.25, 0.3) is 0 Å². The highest BCUT2D eigenvalue weighted by molar-refractivity contribution is 14.1. The van der Waals surface area contributed by atoms with Gasteiger partial charge in [-0.25, -0.2) is 0 Å². The number of rotatable bonds is 1. The average molecular weight is 316 g/mol.